The third-order valence-corrected chi connectivity index (χ3v) is 7.44. The molecule has 2 N–H and O–H groups in total. The fraction of sp³-hybridized carbons (Fsp3) is 0.467. The maximum absolute atomic E-state index is 11.8. The van der Waals surface area contributed by atoms with Crippen LogP contribution in [0.3, 0.4) is 0 Å². The number of urea groups is 1. The molecule has 0 bridgehead atoms. The molecule has 6 heteroatoms. The Balaban J connectivity index is 2.02. The van der Waals surface area contributed by atoms with E-state index in [-0.39, 0.29) is 25.2 Å². The van der Waals surface area contributed by atoms with Crippen LogP contribution in [0.1, 0.15) is 26.7 Å². The van der Waals surface area contributed by atoms with Crippen LogP contribution in [0.25, 0.3) is 0 Å². The van der Waals surface area contributed by atoms with Gasteiger partial charge in [-0.2, -0.15) is 0 Å². The standard InChI is InChI=1S/C15H19ClN2O2Se/c1-14(10-16,21-11-6-4-3-5-7-11)8-9-15(2)12(19)17-13(20)18-15/h3-7H,8-10H2,1-2H3,(H2,17,18,19,20). The quantitative estimate of drug-likeness (QED) is 0.454. The predicted molar refractivity (Wildman–Crippen MR) is 85.2 cm³/mol. The summed E-state index contributed by atoms with van der Waals surface area (Å²) in [6, 6.07) is 9.85. The number of amides is 3. The van der Waals surface area contributed by atoms with E-state index in [1.54, 1.807) is 6.92 Å². The van der Waals surface area contributed by atoms with E-state index in [9.17, 15) is 9.59 Å². The van der Waals surface area contributed by atoms with Gasteiger partial charge in [0.1, 0.15) is 0 Å². The first kappa shape index (κ1) is 16.3. The fourth-order valence-electron chi connectivity index (χ4n) is 2.19. The molecule has 1 heterocycles. The monoisotopic (exact) mass is 374 g/mol. The molecule has 1 aliphatic heterocycles. The van der Waals surface area contributed by atoms with Crippen LogP contribution in [-0.2, 0) is 4.79 Å². The summed E-state index contributed by atoms with van der Waals surface area (Å²) in [7, 11) is 0. The van der Waals surface area contributed by atoms with Crippen LogP contribution >= 0.6 is 11.6 Å². The van der Waals surface area contributed by atoms with Gasteiger partial charge in [0, 0.05) is 0 Å². The Labute approximate surface area is 136 Å². The molecular formula is C15H19ClN2O2Se. The van der Waals surface area contributed by atoms with Crippen molar-refractivity contribution in [2.45, 2.75) is 36.5 Å². The van der Waals surface area contributed by atoms with Crippen molar-refractivity contribution in [3.8, 4) is 0 Å². The summed E-state index contributed by atoms with van der Waals surface area (Å²) >= 11 is 6.40. The van der Waals surface area contributed by atoms with Crippen LogP contribution in [0.4, 0.5) is 4.79 Å². The van der Waals surface area contributed by atoms with Crippen LogP contribution in [0.2, 0.25) is 4.31 Å². The number of hydrogen-bond donors (Lipinski definition) is 2. The molecule has 1 fully saturated rings. The van der Waals surface area contributed by atoms with Gasteiger partial charge < -0.3 is 0 Å². The van der Waals surface area contributed by atoms with E-state index in [2.05, 4.69) is 29.7 Å². The van der Waals surface area contributed by atoms with Crippen molar-refractivity contribution in [2.24, 2.45) is 0 Å². The minimum absolute atomic E-state index is 0.0491. The zero-order chi connectivity index (χ0) is 15.5. The molecule has 2 unspecified atom stereocenters. The van der Waals surface area contributed by atoms with Gasteiger partial charge in [-0.1, -0.05) is 0 Å². The van der Waals surface area contributed by atoms with Crippen molar-refractivity contribution in [2.75, 3.05) is 5.88 Å². The van der Waals surface area contributed by atoms with Gasteiger partial charge in [-0.3, -0.25) is 0 Å². The molecule has 1 aromatic carbocycles. The molecule has 0 radical (unpaired) electrons. The first-order valence-corrected chi connectivity index (χ1v) is 9.05. The van der Waals surface area contributed by atoms with Crippen molar-refractivity contribution in [3.05, 3.63) is 30.3 Å². The molecule has 1 saturated heterocycles. The SMILES string of the molecule is CC(CCl)(CCC1(C)NC(=O)NC1=O)[Se]c1ccccc1. The Hall–Kier alpha value is -1.03. The molecular weight excluding hydrogens is 355 g/mol. The summed E-state index contributed by atoms with van der Waals surface area (Å²) in [5.74, 6) is 0.282. The number of halogens is 1. The van der Waals surface area contributed by atoms with Crippen molar-refractivity contribution in [3.63, 3.8) is 0 Å². The molecule has 0 aromatic heterocycles. The second-order valence-electron chi connectivity index (χ2n) is 5.74. The van der Waals surface area contributed by atoms with Crippen LogP contribution in [0.15, 0.2) is 30.3 Å². The van der Waals surface area contributed by atoms with E-state index in [1.807, 2.05) is 18.2 Å². The van der Waals surface area contributed by atoms with E-state index in [4.69, 9.17) is 11.6 Å². The molecule has 21 heavy (non-hydrogen) atoms. The van der Waals surface area contributed by atoms with Gasteiger partial charge in [0.15, 0.2) is 0 Å². The third-order valence-electron chi connectivity index (χ3n) is 3.66. The van der Waals surface area contributed by atoms with Crippen molar-refractivity contribution in [1.82, 2.24) is 10.6 Å². The molecule has 3 amide bonds. The number of imide groups is 1. The average Bonchev–Trinajstić information content (AvgIpc) is 2.71. The van der Waals surface area contributed by atoms with E-state index < -0.39 is 11.6 Å². The molecule has 1 aliphatic rings. The zero-order valence-electron chi connectivity index (χ0n) is 12.1. The first-order chi connectivity index (χ1) is 9.87. The summed E-state index contributed by atoms with van der Waals surface area (Å²) in [4.78, 5) is 23.1. The Morgan fingerprint density at radius 2 is 1.95 bits per heavy atom. The van der Waals surface area contributed by atoms with Gasteiger partial charge >= 0.3 is 136 Å². The minimum atomic E-state index is -0.822. The summed E-state index contributed by atoms with van der Waals surface area (Å²) in [5, 5.41) is 5.00. The Kier molecular flexibility index (Phi) is 4.97. The molecule has 0 aliphatic carbocycles. The van der Waals surface area contributed by atoms with Gasteiger partial charge in [0.2, 0.25) is 0 Å². The average molecular weight is 374 g/mol. The number of alkyl halides is 1. The summed E-state index contributed by atoms with van der Waals surface area (Å²) in [6.07, 6.45) is 1.37. The number of carbonyl (C=O) groups excluding carboxylic acids is 2. The second-order valence-corrected chi connectivity index (χ2v) is 9.49. The number of carbonyl (C=O) groups is 2. The van der Waals surface area contributed by atoms with E-state index in [1.165, 1.54) is 4.46 Å². The first-order valence-electron chi connectivity index (χ1n) is 6.81. The van der Waals surface area contributed by atoms with E-state index in [0.29, 0.717) is 12.3 Å². The molecule has 0 saturated carbocycles. The Bertz CT molecular complexity index is 540. The predicted octanol–water partition coefficient (Wildman–Crippen LogP) is 1.81. The molecule has 0 spiro atoms. The number of benzene rings is 1. The van der Waals surface area contributed by atoms with Gasteiger partial charge in [0.25, 0.3) is 0 Å². The number of rotatable bonds is 6. The van der Waals surface area contributed by atoms with Gasteiger partial charge in [0.05, 0.1) is 0 Å². The topological polar surface area (TPSA) is 58.2 Å². The van der Waals surface area contributed by atoms with Gasteiger partial charge in [-0.15, -0.1) is 0 Å². The molecule has 1 aromatic rings. The van der Waals surface area contributed by atoms with Crippen molar-refractivity contribution >= 4 is 43.0 Å². The Morgan fingerprint density at radius 3 is 2.48 bits per heavy atom. The van der Waals surface area contributed by atoms with Gasteiger partial charge in [-0.05, 0) is 0 Å². The van der Waals surface area contributed by atoms with E-state index in [0.717, 1.165) is 6.42 Å². The summed E-state index contributed by atoms with van der Waals surface area (Å²) in [5.41, 5.74) is -0.822. The number of hydrogen-bond acceptors (Lipinski definition) is 2. The van der Waals surface area contributed by atoms with Crippen LogP contribution in [0, 0.1) is 0 Å². The molecule has 4 nitrogen and oxygen atoms in total. The second kappa shape index (κ2) is 6.39. The molecule has 2 rings (SSSR count). The van der Waals surface area contributed by atoms with Crippen molar-refractivity contribution in [1.29, 1.82) is 0 Å². The van der Waals surface area contributed by atoms with E-state index >= 15 is 0 Å². The molecule has 2 atom stereocenters. The summed E-state index contributed by atoms with van der Waals surface area (Å²) in [6.45, 7) is 3.91. The van der Waals surface area contributed by atoms with Crippen LogP contribution in [0.5, 0.6) is 0 Å². The summed E-state index contributed by atoms with van der Waals surface area (Å²) < 4.78 is 1.24. The zero-order valence-corrected chi connectivity index (χ0v) is 14.6. The van der Waals surface area contributed by atoms with Crippen LogP contribution < -0.4 is 15.1 Å². The van der Waals surface area contributed by atoms with Crippen molar-refractivity contribution < 1.29 is 9.59 Å². The third kappa shape index (κ3) is 4.00. The Morgan fingerprint density at radius 1 is 1.29 bits per heavy atom. The fourth-order valence-corrected chi connectivity index (χ4v) is 4.96. The number of nitrogens with one attached hydrogen (secondary N) is 2. The maximum atomic E-state index is 11.8. The molecule has 114 valence electrons. The van der Waals surface area contributed by atoms with Gasteiger partial charge in [-0.25, -0.2) is 0 Å². The van der Waals surface area contributed by atoms with Crippen LogP contribution in [-0.4, -0.2) is 38.3 Å². The normalized spacial score (nSPS) is 24.3.